The first kappa shape index (κ1) is 19.5. The highest BCUT2D eigenvalue weighted by Gasteiger charge is 2.00. The minimum absolute atomic E-state index is 0.834. The molecule has 0 aliphatic carbocycles. The Hall–Kier alpha value is -1.50. The van der Waals surface area contributed by atoms with Gasteiger partial charge in [-0.1, -0.05) is 43.9 Å². The van der Waals surface area contributed by atoms with Crippen LogP contribution in [-0.4, -0.2) is 26.7 Å². The SMILES string of the molecule is CCCC#CCNCCCCCCNCc1ccccc1OC. The van der Waals surface area contributed by atoms with Gasteiger partial charge in [0.05, 0.1) is 13.7 Å². The van der Waals surface area contributed by atoms with Gasteiger partial charge in [0.15, 0.2) is 0 Å². The van der Waals surface area contributed by atoms with E-state index in [0.717, 1.165) is 44.8 Å². The minimum atomic E-state index is 0.834. The van der Waals surface area contributed by atoms with Crippen molar-refractivity contribution in [2.75, 3.05) is 26.7 Å². The van der Waals surface area contributed by atoms with E-state index in [1.165, 1.54) is 31.2 Å². The smallest absolute Gasteiger partial charge is 0.123 e. The second-order valence-corrected chi connectivity index (χ2v) is 5.68. The Labute approximate surface area is 142 Å². The Kier molecular flexibility index (Phi) is 12.0. The molecule has 0 fully saturated rings. The van der Waals surface area contributed by atoms with Crippen LogP contribution < -0.4 is 15.4 Å². The quantitative estimate of drug-likeness (QED) is 0.455. The summed E-state index contributed by atoms with van der Waals surface area (Å²) in [6.45, 7) is 6.01. The van der Waals surface area contributed by atoms with Crippen molar-refractivity contribution in [1.82, 2.24) is 10.6 Å². The average Bonchev–Trinajstić information content (AvgIpc) is 2.59. The summed E-state index contributed by atoms with van der Waals surface area (Å²) < 4.78 is 5.35. The summed E-state index contributed by atoms with van der Waals surface area (Å²) in [5, 5.41) is 6.87. The van der Waals surface area contributed by atoms with E-state index in [2.05, 4.69) is 41.5 Å². The third-order valence-corrected chi connectivity index (χ3v) is 3.68. The van der Waals surface area contributed by atoms with Crippen molar-refractivity contribution >= 4 is 0 Å². The summed E-state index contributed by atoms with van der Waals surface area (Å²) in [5.41, 5.74) is 1.23. The lowest BCUT2D eigenvalue weighted by atomic mass is 10.1. The average molecular weight is 316 g/mol. The topological polar surface area (TPSA) is 33.3 Å². The van der Waals surface area contributed by atoms with Crippen molar-refractivity contribution in [2.45, 2.75) is 52.0 Å². The molecule has 3 heteroatoms. The number of hydrogen-bond donors (Lipinski definition) is 2. The number of hydrogen-bond acceptors (Lipinski definition) is 3. The molecule has 0 unspecified atom stereocenters. The molecule has 0 spiro atoms. The fourth-order valence-electron chi connectivity index (χ4n) is 2.35. The fourth-order valence-corrected chi connectivity index (χ4v) is 2.35. The molecule has 0 saturated carbocycles. The van der Waals surface area contributed by atoms with Gasteiger partial charge in [-0.05, 0) is 38.4 Å². The molecule has 0 aromatic heterocycles. The second-order valence-electron chi connectivity index (χ2n) is 5.68. The highest BCUT2D eigenvalue weighted by atomic mass is 16.5. The van der Waals surface area contributed by atoms with Crippen molar-refractivity contribution < 1.29 is 4.74 Å². The monoisotopic (exact) mass is 316 g/mol. The lowest BCUT2D eigenvalue weighted by molar-refractivity contribution is 0.407. The largest absolute Gasteiger partial charge is 0.496 e. The highest BCUT2D eigenvalue weighted by molar-refractivity contribution is 5.32. The zero-order chi connectivity index (χ0) is 16.6. The van der Waals surface area contributed by atoms with Gasteiger partial charge in [-0.3, -0.25) is 0 Å². The summed E-state index contributed by atoms with van der Waals surface area (Å²) in [6.07, 6.45) is 7.20. The molecule has 23 heavy (non-hydrogen) atoms. The maximum absolute atomic E-state index is 5.35. The van der Waals surface area contributed by atoms with Crippen LogP contribution in [0, 0.1) is 11.8 Å². The second kappa shape index (κ2) is 14.1. The maximum atomic E-state index is 5.35. The Morgan fingerprint density at radius 1 is 0.957 bits per heavy atom. The number of benzene rings is 1. The molecule has 0 aliphatic heterocycles. The van der Waals surface area contributed by atoms with E-state index < -0.39 is 0 Å². The maximum Gasteiger partial charge on any atom is 0.123 e. The van der Waals surface area contributed by atoms with E-state index in [1.54, 1.807) is 7.11 Å². The highest BCUT2D eigenvalue weighted by Crippen LogP contribution is 2.16. The van der Waals surface area contributed by atoms with Crippen LogP contribution in [0.5, 0.6) is 5.75 Å². The third-order valence-electron chi connectivity index (χ3n) is 3.68. The van der Waals surface area contributed by atoms with Crippen LogP contribution in [0.25, 0.3) is 0 Å². The molecule has 1 aromatic carbocycles. The molecule has 0 bridgehead atoms. The summed E-state index contributed by atoms with van der Waals surface area (Å²) in [5.74, 6) is 7.27. The van der Waals surface area contributed by atoms with Crippen molar-refractivity contribution in [2.24, 2.45) is 0 Å². The number of nitrogens with one attached hydrogen (secondary N) is 2. The first-order valence-electron chi connectivity index (χ1n) is 8.87. The summed E-state index contributed by atoms with van der Waals surface area (Å²) in [7, 11) is 1.72. The first-order chi connectivity index (χ1) is 11.4. The van der Waals surface area contributed by atoms with Crippen molar-refractivity contribution in [1.29, 1.82) is 0 Å². The van der Waals surface area contributed by atoms with Crippen molar-refractivity contribution in [3.05, 3.63) is 29.8 Å². The van der Waals surface area contributed by atoms with Crippen LogP contribution in [0.15, 0.2) is 24.3 Å². The van der Waals surface area contributed by atoms with E-state index in [9.17, 15) is 0 Å². The van der Waals surface area contributed by atoms with Crippen LogP contribution in [0.2, 0.25) is 0 Å². The van der Waals surface area contributed by atoms with Gasteiger partial charge in [0.25, 0.3) is 0 Å². The van der Waals surface area contributed by atoms with E-state index in [-0.39, 0.29) is 0 Å². The fraction of sp³-hybridized carbons (Fsp3) is 0.600. The van der Waals surface area contributed by atoms with Gasteiger partial charge >= 0.3 is 0 Å². The lowest BCUT2D eigenvalue weighted by Gasteiger charge is -2.09. The Morgan fingerprint density at radius 3 is 2.43 bits per heavy atom. The summed E-state index contributed by atoms with van der Waals surface area (Å²) >= 11 is 0. The molecule has 3 nitrogen and oxygen atoms in total. The summed E-state index contributed by atoms with van der Waals surface area (Å²) in [6, 6.07) is 8.18. The number of unbranched alkanes of at least 4 members (excludes halogenated alkanes) is 4. The number of ether oxygens (including phenoxy) is 1. The lowest BCUT2D eigenvalue weighted by Crippen LogP contribution is -2.16. The zero-order valence-corrected chi connectivity index (χ0v) is 14.8. The molecular weight excluding hydrogens is 284 g/mol. The molecule has 0 radical (unpaired) electrons. The van der Waals surface area contributed by atoms with Gasteiger partial charge in [-0.25, -0.2) is 0 Å². The molecule has 0 saturated heterocycles. The molecule has 2 N–H and O–H groups in total. The molecule has 0 heterocycles. The molecule has 0 aliphatic rings. The number of para-hydroxylation sites is 1. The van der Waals surface area contributed by atoms with Crippen LogP contribution in [0.4, 0.5) is 0 Å². The van der Waals surface area contributed by atoms with Gasteiger partial charge in [0.1, 0.15) is 5.75 Å². The first-order valence-corrected chi connectivity index (χ1v) is 8.87. The van der Waals surface area contributed by atoms with Gasteiger partial charge in [0, 0.05) is 18.5 Å². The van der Waals surface area contributed by atoms with Crippen LogP contribution in [0.3, 0.4) is 0 Å². The Morgan fingerprint density at radius 2 is 1.70 bits per heavy atom. The molecule has 1 rings (SSSR count). The van der Waals surface area contributed by atoms with Crippen LogP contribution in [-0.2, 0) is 6.54 Å². The standard InChI is InChI=1S/C20H32N2O/c1-3-4-5-10-15-21-16-11-6-7-12-17-22-18-19-13-8-9-14-20(19)23-2/h8-9,13-14,21-22H,3-4,6-7,11-12,15-18H2,1-2H3. The molecule has 1 aromatic rings. The third kappa shape index (κ3) is 9.99. The van der Waals surface area contributed by atoms with Gasteiger partial charge in [0.2, 0.25) is 0 Å². The van der Waals surface area contributed by atoms with E-state index >= 15 is 0 Å². The van der Waals surface area contributed by atoms with E-state index in [4.69, 9.17) is 4.74 Å². The van der Waals surface area contributed by atoms with Crippen molar-refractivity contribution in [3.63, 3.8) is 0 Å². The predicted octanol–water partition coefficient (Wildman–Crippen LogP) is 3.74. The van der Waals surface area contributed by atoms with E-state index in [0.29, 0.717) is 0 Å². The predicted molar refractivity (Wildman–Crippen MR) is 98.7 cm³/mol. The molecule has 0 amide bonds. The molecular formula is C20H32N2O. The van der Waals surface area contributed by atoms with Gasteiger partial charge < -0.3 is 15.4 Å². The zero-order valence-electron chi connectivity index (χ0n) is 14.8. The molecule has 0 atom stereocenters. The number of rotatable bonds is 12. The van der Waals surface area contributed by atoms with Gasteiger partial charge in [-0.15, -0.1) is 5.92 Å². The van der Waals surface area contributed by atoms with Crippen LogP contribution >= 0.6 is 0 Å². The van der Waals surface area contributed by atoms with Gasteiger partial charge in [-0.2, -0.15) is 0 Å². The normalized spacial score (nSPS) is 10.2. The molecule has 128 valence electrons. The summed E-state index contributed by atoms with van der Waals surface area (Å²) in [4.78, 5) is 0. The Balaban J connectivity index is 1.91. The Bertz CT molecular complexity index is 462. The number of methoxy groups -OCH3 is 1. The minimum Gasteiger partial charge on any atom is -0.496 e. The van der Waals surface area contributed by atoms with Crippen molar-refractivity contribution in [3.8, 4) is 17.6 Å². The van der Waals surface area contributed by atoms with Crippen LogP contribution in [0.1, 0.15) is 51.0 Å². The van der Waals surface area contributed by atoms with E-state index in [1.807, 2.05) is 12.1 Å².